The maximum Gasteiger partial charge on any atom is 0.419 e. The molecule has 0 bridgehead atoms. The summed E-state index contributed by atoms with van der Waals surface area (Å²) in [6.45, 7) is 7.17. The highest BCUT2D eigenvalue weighted by atomic mass is 32.2. The van der Waals surface area contributed by atoms with Crippen LogP contribution in [0.25, 0.3) is 33.3 Å². The Kier molecular flexibility index (Phi) is 7.10. The Hall–Kier alpha value is -4.52. The van der Waals surface area contributed by atoms with Gasteiger partial charge in [0.1, 0.15) is 5.60 Å². The van der Waals surface area contributed by atoms with E-state index >= 15 is 0 Å². The lowest BCUT2D eigenvalue weighted by Gasteiger charge is -2.31. The highest BCUT2D eigenvalue weighted by Crippen LogP contribution is 2.42. The van der Waals surface area contributed by atoms with Gasteiger partial charge in [0, 0.05) is 42.7 Å². The highest BCUT2D eigenvalue weighted by molar-refractivity contribution is 7.89. The molecule has 11 nitrogen and oxygen atoms in total. The largest absolute Gasteiger partial charge is 0.443 e. The number of nitrogen functional groups attached to an aromatic ring is 1. The van der Waals surface area contributed by atoms with Gasteiger partial charge in [-0.25, -0.2) is 17.8 Å². The van der Waals surface area contributed by atoms with Gasteiger partial charge < -0.3 is 15.4 Å². The van der Waals surface area contributed by atoms with Crippen LogP contribution in [0.15, 0.2) is 65.6 Å². The van der Waals surface area contributed by atoms with Crippen molar-refractivity contribution in [3.8, 4) is 22.4 Å². The first-order valence-corrected chi connectivity index (χ1v) is 15.7. The van der Waals surface area contributed by atoms with E-state index in [0.717, 1.165) is 0 Å². The van der Waals surface area contributed by atoms with Crippen molar-refractivity contribution in [2.45, 2.75) is 31.3 Å². The lowest BCUT2D eigenvalue weighted by atomic mass is 9.91. The van der Waals surface area contributed by atoms with Gasteiger partial charge in [-0.15, -0.1) is 0 Å². The van der Waals surface area contributed by atoms with E-state index < -0.39 is 33.5 Å². The minimum absolute atomic E-state index is 0.0191. The number of piperazine rings is 1. The fraction of sp³-hybridized carbons (Fsp3) is 0.281. The second-order valence-corrected chi connectivity index (χ2v) is 14.0. The van der Waals surface area contributed by atoms with Crippen LogP contribution in [0.4, 0.5) is 10.5 Å². The van der Waals surface area contributed by atoms with Crippen molar-refractivity contribution < 1.29 is 27.5 Å². The third-order valence-corrected chi connectivity index (χ3v) is 9.75. The van der Waals surface area contributed by atoms with E-state index in [9.17, 15) is 22.8 Å². The van der Waals surface area contributed by atoms with E-state index in [4.69, 9.17) is 10.5 Å². The molecule has 3 N–H and O–H groups in total. The minimum Gasteiger partial charge on any atom is -0.443 e. The van der Waals surface area contributed by atoms with E-state index in [2.05, 4.69) is 10.2 Å². The number of fused-ring (bicyclic) bond motifs is 2. The number of benzene rings is 3. The molecule has 1 fully saturated rings. The molecule has 228 valence electrons. The number of likely N-dealkylation sites (N-methyl/N-ethyl adjacent to an activating group) is 1. The van der Waals surface area contributed by atoms with Crippen molar-refractivity contribution >= 4 is 44.5 Å². The fourth-order valence-corrected chi connectivity index (χ4v) is 7.15. The van der Waals surface area contributed by atoms with Crippen LogP contribution in [0.5, 0.6) is 0 Å². The van der Waals surface area contributed by atoms with Gasteiger partial charge in [0.2, 0.25) is 10.0 Å². The molecule has 44 heavy (non-hydrogen) atoms. The molecular weight excluding hydrogens is 582 g/mol. The van der Waals surface area contributed by atoms with E-state index in [1.54, 1.807) is 39.0 Å². The van der Waals surface area contributed by atoms with Gasteiger partial charge in [0.25, 0.3) is 11.8 Å². The van der Waals surface area contributed by atoms with E-state index in [-0.39, 0.29) is 33.0 Å². The fourth-order valence-electron chi connectivity index (χ4n) is 5.69. The summed E-state index contributed by atoms with van der Waals surface area (Å²) in [4.78, 5) is 42.1. The quantitative estimate of drug-likeness (QED) is 0.257. The summed E-state index contributed by atoms with van der Waals surface area (Å²) in [6, 6.07) is 17.0. The Bertz CT molecular complexity index is 1950. The zero-order valence-corrected chi connectivity index (χ0v) is 25.7. The molecular formula is C32H33N5O6S. The molecule has 0 atom stereocenters. The molecule has 0 spiro atoms. The molecule has 0 saturated carbocycles. The molecule has 1 saturated heterocycles. The number of hydrogen-bond donors (Lipinski definition) is 2. The number of aromatic nitrogens is 1. The lowest BCUT2D eigenvalue weighted by Crippen LogP contribution is -2.46. The summed E-state index contributed by atoms with van der Waals surface area (Å²) in [5, 5.41) is 2.77. The summed E-state index contributed by atoms with van der Waals surface area (Å²) in [5.74, 6) is -1.28. The second-order valence-electron chi connectivity index (χ2n) is 12.1. The molecule has 0 radical (unpaired) electrons. The smallest absolute Gasteiger partial charge is 0.419 e. The SMILES string of the molecule is CN1CCN(S(=O)(=O)c2ccc3c(c2)cc(-c2cc(-c4ccccc4)c(N)c4c2C(=O)NC4=O)n3C(=O)OC(C)(C)C)CC1. The van der Waals surface area contributed by atoms with E-state index in [0.29, 0.717) is 48.2 Å². The molecule has 6 rings (SSSR count). The van der Waals surface area contributed by atoms with Gasteiger partial charge in [-0.3, -0.25) is 14.9 Å². The maximum atomic E-state index is 13.8. The normalized spacial score (nSPS) is 16.3. The number of hydrogen-bond acceptors (Lipinski definition) is 8. The van der Waals surface area contributed by atoms with Gasteiger partial charge >= 0.3 is 6.09 Å². The molecule has 12 heteroatoms. The van der Waals surface area contributed by atoms with Gasteiger partial charge in [-0.2, -0.15) is 4.31 Å². The van der Waals surface area contributed by atoms with E-state index in [1.165, 1.54) is 21.0 Å². The summed E-state index contributed by atoms with van der Waals surface area (Å²) in [7, 11) is -1.87. The Balaban J connectivity index is 1.60. The highest BCUT2D eigenvalue weighted by Gasteiger charge is 2.36. The third kappa shape index (κ3) is 5.04. The molecule has 2 aliphatic heterocycles. The minimum atomic E-state index is -3.81. The number of nitrogens with two attached hydrogens (primary N) is 1. The van der Waals surface area contributed by atoms with E-state index in [1.807, 2.05) is 37.4 Å². The first-order valence-electron chi connectivity index (χ1n) is 14.2. The summed E-state index contributed by atoms with van der Waals surface area (Å²) in [5.41, 5.74) is 7.94. The molecule has 3 heterocycles. The molecule has 3 aromatic carbocycles. The van der Waals surface area contributed by atoms with Crippen molar-refractivity contribution in [3.63, 3.8) is 0 Å². The predicted octanol–water partition coefficient (Wildman–Crippen LogP) is 4.16. The van der Waals surface area contributed by atoms with Gasteiger partial charge in [-0.1, -0.05) is 30.3 Å². The topological polar surface area (TPSA) is 144 Å². The van der Waals surface area contributed by atoms with Crippen LogP contribution < -0.4 is 11.1 Å². The van der Waals surface area contributed by atoms with Crippen LogP contribution in [0, 0.1) is 0 Å². The van der Waals surface area contributed by atoms with Crippen LogP contribution in [0.2, 0.25) is 0 Å². The Morgan fingerprint density at radius 1 is 0.886 bits per heavy atom. The van der Waals surface area contributed by atoms with Crippen molar-refractivity contribution in [1.82, 2.24) is 19.1 Å². The van der Waals surface area contributed by atoms with Crippen molar-refractivity contribution in [2.75, 3.05) is 39.0 Å². The second kappa shape index (κ2) is 10.6. The monoisotopic (exact) mass is 615 g/mol. The first kappa shape index (κ1) is 29.5. The predicted molar refractivity (Wildman–Crippen MR) is 167 cm³/mol. The number of anilines is 1. The van der Waals surface area contributed by atoms with Crippen LogP contribution in [0.1, 0.15) is 41.5 Å². The lowest BCUT2D eigenvalue weighted by molar-refractivity contribution is 0.0546. The number of rotatable bonds is 4. The number of carbonyl (C=O) groups is 3. The molecule has 1 aromatic heterocycles. The average molecular weight is 616 g/mol. The number of carbonyl (C=O) groups excluding carboxylic acids is 3. The number of sulfonamides is 1. The van der Waals surface area contributed by atoms with Crippen LogP contribution >= 0.6 is 0 Å². The Labute approximate surface area is 255 Å². The van der Waals surface area contributed by atoms with Crippen LogP contribution in [-0.4, -0.2) is 78.9 Å². The summed E-state index contributed by atoms with van der Waals surface area (Å²) >= 11 is 0. The molecule has 4 aromatic rings. The Morgan fingerprint density at radius 2 is 1.55 bits per heavy atom. The molecule has 2 amide bonds. The van der Waals surface area contributed by atoms with Crippen LogP contribution in [-0.2, 0) is 14.8 Å². The zero-order valence-electron chi connectivity index (χ0n) is 24.9. The third-order valence-electron chi connectivity index (χ3n) is 7.86. The summed E-state index contributed by atoms with van der Waals surface area (Å²) < 4.78 is 35.7. The number of imide groups is 1. The number of nitrogens with one attached hydrogen (secondary N) is 1. The standard InChI is InChI=1S/C32H33N5O6S/c1-32(2,3)43-31(40)37-24-11-10-21(44(41,42)36-14-12-35(4)13-15-36)16-20(24)17-25(37)23-18-22(19-8-6-5-7-9-19)28(33)27-26(23)29(38)34-30(27)39/h5-11,16-18H,12-15,33H2,1-4H3,(H,34,38,39). The van der Waals surface area contributed by atoms with Gasteiger partial charge in [-0.05, 0) is 63.7 Å². The molecule has 2 aliphatic rings. The summed E-state index contributed by atoms with van der Waals surface area (Å²) in [6.07, 6.45) is -0.728. The number of ether oxygens (including phenoxy) is 1. The van der Waals surface area contributed by atoms with Crippen molar-refractivity contribution in [1.29, 1.82) is 0 Å². The zero-order chi connectivity index (χ0) is 31.6. The first-order chi connectivity index (χ1) is 20.8. The maximum absolute atomic E-state index is 13.8. The Morgan fingerprint density at radius 3 is 2.20 bits per heavy atom. The van der Waals surface area contributed by atoms with Crippen LogP contribution in [0.3, 0.4) is 0 Å². The van der Waals surface area contributed by atoms with Crippen molar-refractivity contribution in [3.05, 3.63) is 71.8 Å². The van der Waals surface area contributed by atoms with Crippen molar-refractivity contribution in [2.24, 2.45) is 0 Å². The number of nitrogens with zero attached hydrogens (tertiary/aromatic N) is 3. The average Bonchev–Trinajstić information content (AvgIpc) is 3.50. The molecule has 0 aliphatic carbocycles. The number of amides is 2. The van der Waals surface area contributed by atoms with Gasteiger partial charge in [0.15, 0.2) is 0 Å². The van der Waals surface area contributed by atoms with Gasteiger partial charge in [0.05, 0.1) is 32.9 Å². The molecule has 0 unspecified atom stereocenters.